The number of allylic oxidation sites excluding steroid dienone is 2. The Bertz CT molecular complexity index is 1010. The van der Waals surface area contributed by atoms with Gasteiger partial charge < -0.3 is 9.90 Å². The first-order valence-corrected chi connectivity index (χ1v) is 13.6. The Balaban J connectivity index is 1.63. The molecule has 188 valence electrons. The fourth-order valence-corrected chi connectivity index (χ4v) is 10.2. The quantitative estimate of drug-likeness (QED) is 0.525. The van der Waals surface area contributed by atoms with Gasteiger partial charge >= 0.3 is 0 Å². The number of hydrogen-bond acceptors (Lipinski definition) is 4. The Hall–Kier alpha value is -1.45. The molecule has 8 atom stereocenters. The lowest BCUT2D eigenvalue weighted by atomic mass is 9.33. The van der Waals surface area contributed by atoms with Crippen molar-refractivity contribution in [1.29, 1.82) is 0 Å². The van der Waals surface area contributed by atoms with Crippen molar-refractivity contribution in [2.45, 2.75) is 106 Å². The summed E-state index contributed by atoms with van der Waals surface area (Å²) in [5, 5.41) is 12.1. The summed E-state index contributed by atoms with van der Waals surface area (Å²) in [6.45, 7) is 15.4. The van der Waals surface area contributed by atoms with Crippen molar-refractivity contribution in [1.82, 2.24) is 0 Å². The number of ketones is 2. The van der Waals surface area contributed by atoms with Gasteiger partial charge in [-0.1, -0.05) is 54.0 Å². The van der Waals surface area contributed by atoms with Crippen LogP contribution in [0, 0.1) is 50.2 Å². The SMILES string of the molecule is CC1(C)C(=O)CC[C@@]2(C)[C@H]3C(=O)C=C4[C@@H]5C[C@](C)(C(=O)[O-])CC[C@]5(C)CC[C@@]4(C)[C@]3(C)CC[C@@H]12. The van der Waals surface area contributed by atoms with E-state index in [4.69, 9.17) is 0 Å². The van der Waals surface area contributed by atoms with Gasteiger partial charge in [0.25, 0.3) is 0 Å². The zero-order valence-electron chi connectivity index (χ0n) is 22.3. The van der Waals surface area contributed by atoms with Crippen LogP contribution in [0.2, 0.25) is 0 Å². The lowest BCUT2D eigenvalue weighted by Gasteiger charge is -2.70. The number of rotatable bonds is 1. The van der Waals surface area contributed by atoms with Crippen molar-refractivity contribution in [2.75, 3.05) is 0 Å². The number of carbonyl (C=O) groups excluding carboxylic acids is 3. The maximum atomic E-state index is 14.2. The molecule has 0 aromatic carbocycles. The number of hydrogen-bond donors (Lipinski definition) is 0. The van der Waals surface area contributed by atoms with E-state index in [-0.39, 0.29) is 50.6 Å². The summed E-state index contributed by atoms with van der Waals surface area (Å²) in [6.07, 6.45) is 9.52. The number of carbonyl (C=O) groups is 3. The highest BCUT2D eigenvalue weighted by Crippen LogP contribution is 2.74. The molecule has 0 heterocycles. The fourth-order valence-electron chi connectivity index (χ4n) is 10.2. The van der Waals surface area contributed by atoms with Gasteiger partial charge in [-0.15, -0.1) is 0 Å². The summed E-state index contributed by atoms with van der Waals surface area (Å²) >= 11 is 0. The molecule has 4 nitrogen and oxygen atoms in total. The standard InChI is InChI=1S/C30H44O4/c1-25(2)21-8-11-30(7)23(28(21,5)10-9-22(25)32)20(31)16-18-19-17-27(4,24(33)34)13-12-26(19,3)14-15-29(18,30)6/h16,19,21,23H,8-15,17H2,1-7H3,(H,33,34)/p-1/t19-,21-,23+,26+,27+,28+,29+,30+/m0/s1. The molecule has 5 aliphatic carbocycles. The first-order valence-electron chi connectivity index (χ1n) is 13.6. The van der Waals surface area contributed by atoms with E-state index in [1.54, 1.807) is 0 Å². The summed E-state index contributed by atoms with van der Waals surface area (Å²) < 4.78 is 0. The molecule has 0 aliphatic heterocycles. The lowest BCUT2D eigenvalue weighted by Crippen LogP contribution is -2.66. The van der Waals surface area contributed by atoms with Crippen molar-refractivity contribution in [3.8, 4) is 0 Å². The molecule has 4 fully saturated rings. The van der Waals surface area contributed by atoms with Gasteiger partial charge in [-0.05, 0) is 90.9 Å². The van der Waals surface area contributed by atoms with Crippen molar-refractivity contribution in [3.63, 3.8) is 0 Å². The minimum absolute atomic E-state index is 0.0458. The molecule has 0 radical (unpaired) electrons. The first-order chi connectivity index (χ1) is 15.6. The normalized spacial score (nSPS) is 52.0. The lowest BCUT2D eigenvalue weighted by molar-refractivity contribution is -0.321. The highest BCUT2D eigenvalue weighted by atomic mass is 16.4. The molecule has 0 saturated heterocycles. The van der Waals surface area contributed by atoms with Crippen LogP contribution in [0.15, 0.2) is 11.6 Å². The molecule has 0 N–H and O–H groups in total. The number of aliphatic carboxylic acids is 1. The number of Topliss-reactive ketones (excluding diaryl/α,β-unsaturated/α-hetero) is 1. The summed E-state index contributed by atoms with van der Waals surface area (Å²) in [4.78, 5) is 39.2. The maximum absolute atomic E-state index is 14.2. The summed E-state index contributed by atoms with van der Waals surface area (Å²) in [6, 6.07) is 0. The van der Waals surface area contributed by atoms with Gasteiger partial charge in [0.2, 0.25) is 0 Å². The maximum Gasteiger partial charge on any atom is 0.159 e. The van der Waals surface area contributed by atoms with Crippen molar-refractivity contribution < 1.29 is 19.5 Å². The van der Waals surface area contributed by atoms with E-state index in [0.717, 1.165) is 38.5 Å². The van der Waals surface area contributed by atoms with Crippen molar-refractivity contribution in [2.24, 2.45) is 50.2 Å². The monoisotopic (exact) mass is 467 g/mol. The second kappa shape index (κ2) is 6.85. The van der Waals surface area contributed by atoms with E-state index in [1.807, 2.05) is 13.0 Å². The molecule has 4 heteroatoms. The molecule has 5 rings (SSSR count). The summed E-state index contributed by atoms with van der Waals surface area (Å²) in [7, 11) is 0. The average Bonchev–Trinajstić information content (AvgIpc) is 2.73. The minimum atomic E-state index is -0.948. The highest BCUT2D eigenvalue weighted by Gasteiger charge is 2.70. The molecule has 0 unspecified atom stereocenters. The van der Waals surface area contributed by atoms with Gasteiger partial charge in [0.15, 0.2) is 5.78 Å². The molecule has 34 heavy (non-hydrogen) atoms. The van der Waals surface area contributed by atoms with Crippen molar-refractivity contribution in [3.05, 3.63) is 11.6 Å². The summed E-state index contributed by atoms with van der Waals surface area (Å²) in [5.74, 6) is -0.110. The molecule has 4 saturated carbocycles. The van der Waals surface area contributed by atoms with Crippen LogP contribution in [0.3, 0.4) is 0 Å². The van der Waals surface area contributed by atoms with E-state index in [0.29, 0.717) is 25.0 Å². The van der Waals surface area contributed by atoms with Crippen LogP contribution in [0.1, 0.15) is 106 Å². The third-order valence-corrected chi connectivity index (χ3v) is 12.8. The summed E-state index contributed by atoms with van der Waals surface area (Å²) in [5.41, 5.74) is -0.424. The molecule has 5 aliphatic rings. The van der Waals surface area contributed by atoms with Crippen LogP contribution in [0.4, 0.5) is 0 Å². The van der Waals surface area contributed by atoms with E-state index in [1.165, 1.54) is 5.57 Å². The molecule has 0 spiro atoms. The van der Waals surface area contributed by atoms with Crippen LogP contribution in [-0.4, -0.2) is 17.5 Å². The zero-order chi connectivity index (χ0) is 25.1. The third-order valence-electron chi connectivity index (χ3n) is 12.8. The zero-order valence-corrected chi connectivity index (χ0v) is 22.3. The minimum Gasteiger partial charge on any atom is -0.550 e. The number of carboxylic acid groups (broad SMARTS) is 1. The third kappa shape index (κ3) is 2.75. The average molecular weight is 468 g/mol. The molecular weight excluding hydrogens is 424 g/mol. The molecule has 0 amide bonds. The van der Waals surface area contributed by atoms with Crippen LogP contribution in [0.5, 0.6) is 0 Å². The van der Waals surface area contributed by atoms with Gasteiger partial charge in [0.1, 0.15) is 5.78 Å². The Morgan fingerprint density at radius 2 is 1.56 bits per heavy atom. The number of carboxylic acids is 1. The van der Waals surface area contributed by atoms with E-state index in [2.05, 4.69) is 41.5 Å². The molecule has 0 aromatic heterocycles. The topological polar surface area (TPSA) is 74.3 Å². The van der Waals surface area contributed by atoms with Crippen molar-refractivity contribution >= 4 is 17.5 Å². The van der Waals surface area contributed by atoms with Gasteiger partial charge in [0.05, 0.1) is 0 Å². The molecular formula is C30H43O4-. The van der Waals surface area contributed by atoms with Gasteiger partial charge in [-0.3, -0.25) is 9.59 Å². The van der Waals surface area contributed by atoms with Gasteiger partial charge in [-0.25, -0.2) is 0 Å². The Morgan fingerprint density at radius 3 is 2.21 bits per heavy atom. The predicted molar refractivity (Wildman–Crippen MR) is 129 cm³/mol. The van der Waals surface area contributed by atoms with Crippen LogP contribution in [0.25, 0.3) is 0 Å². The fraction of sp³-hybridized carbons (Fsp3) is 0.833. The van der Waals surface area contributed by atoms with Crippen LogP contribution in [-0.2, 0) is 14.4 Å². The van der Waals surface area contributed by atoms with E-state index < -0.39 is 11.4 Å². The Labute approximate surface area is 205 Å². The van der Waals surface area contributed by atoms with Crippen LogP contribution >= 0.6 is 0 Å². The van der Waals surface area contributed by atoms with Gasteiger partial charge in [-0.2, -0.15) is 0 Å². The predicted octanol–water partition coefficient (Wildman–Crippen LogP) is 5.29. The van der Waals surface area contributed by atoms with E-state index in [9.17, 15) is 19.5 Å². The molecule has 0 aromatic rings. The second-order valence-corrected chi connectivity index (χ2v) is 14.7. The Morgan fingerprint density at radius 1 is 0.912 bits per heavy atom. The smallest absolute Gasteiger partial charge is 0.159 e. The van der Waals surface area contributed by atoms with Gasteiger partial charge in [0, 0.05) is 29.1 Å². The largest absolute Gasteiger partial charge is 0.550 e. The number of fused-ring (bicyclic) bond motifs is 7. The second-order valence-electron chi connectivity index (χ2n) is 14.7. The Kier molecular flexibility index (Phi) is 4.89. The van der Waals surface area contributed by atoms with E-state index >= 15 is 0 Å². The molecule has 0 bridgehead atoms. The highest BCUT2D eigenvalue weighted by molar-refractivity contribution is 5.96. The van der Waals surface area contributed by atoms with Crippen LogP contribution < -0.4 is 5.11 Å². The first kappa shape index (κ1) is 24.3.